The van der Waals surface area contributed by atoms with Crippen LogP contribution in [0.3, 0.4) is 0 Å². The molecule has 0 aliphatic carbocycles. The van der Waals surface area contributed by atoms with Crippen molar-refractivity contribution < 1.29 is 9.84 Å². The summed E-state index contributed by atoms with van der Waals surface area (Å²) in [6, 6.07) is 0. The van der Waals surface area contributed by atoms with E-state index in [1.165, 1.54) is 25.7 Å². The van der Waals surface area contributed by atoms with Crippen LogP contribution in [0.1, 0.15) is 58.8 Å². The van der Waals surface area contributed by atoms with Gasteiger partial charge in [-0.1, -0.05) is 26.7 Å². The van der Waals surface area contributed by atoms with Gasteiger partial charge >= 0.3 is 0 Å². The zero-order chi connectivity index (χ0) is 11.8. The normalized spacial score (nSPS) is 20.2. The van der Waals surface area contributed by atoms with E-state index in [1.54, 1.807) is 0 Å². The fraction of sp³-hybridized carbons (Fsp3) is 1.00. The highest BCUT2D eigenvalue weighted by Crippen LogP contribution is 2.27. The minimum absolute atomic E-state index is 0.0806. The summed E-state index contributed by atoms with van der Waals surface area (Å²) in [5.41, 5.74) is 0. The van der Waals surface area contributed by atoms with Gasteiger partial charge in [0.25, 0.3) is 0 Å². The minimum atomic E-state index is -0.0806. The van der Waals surface area contributed by atoms with Crippen LogP contribution in [-0.4, -0.2) is 24.4 Å². The molecule has 1 saturated heterocycles. The molecule has 0 amide bonds. The van der Waals surface area contributed by atoms with Crippen LogP contribution in [0.2, 0.25) is 0 Å². The smallest absolute Gasteiger partial charge is 0.0571 e. The molecule has 1 N–H and O–H groups in total. The summed E-state index contributed by atoms with van der Waals surface area (Å²) in [5.74, 6) is 1.22. The molecule has 1 rings (SSSR count). The van der Waals surface area contributed by atoms with Crippen LogP contribution in [-0.2, 0) is 4.74 Å². The van der Waals surface area contributed by atoms with Gasteiger partial charge < -0.3 is 9.84 Å². The summed E-state index contributed by atoms with van der Waals surface area (Å²) in [6.07, 6.45) is 7.93. The van der Waals surface area contributed by atoms with Crippen LogP contribution in [0.15, 0.2) is 0 Å². The molecular formula is C14H28O2. The van der Waals surface area contributed by atoms with E-state index in [0.717, 1.165) is 32.5 Å². The van der Waals surface area contributed by atoms with Crippen molar-refractivity contribution in [1.29, 1.82) is 0 Å². The second-order valence-corrected chi connectivity index (χ2v) is 5.20. The molecule has 0 aromatic carbocycles. The standard InChI is InChI=1S/C14H28O2/c1-3-5-13(6-4-2)14(15)11-12-7-9-16-10-8-12/h12-15H,3-11H2,1-2H3. The molecule has 1 heterocycles. The number of ether oxygens (including phenoxy) is 1. The largest absolute Gasteiger partial charge is 0.393 e. The summed E-state index contributed by atoms with van der Waals surface area (Å²) < 4.78 is 5.36. The average Bonchev–Trinajstić information content (AvgIpc) is 2.30. The quantitative estimate of drug-likeness (QED) is 0.724. The highest BCUT2D eigenvalue weighted by atomic mass is 16.5. The van der Waals surface area contributed by atoms with Gasteiger partial charge in [-0.15, -0.1) is 0 Å². The zero-order valence-electron chi connectivity index (χ0n) is 11.0. The Bertz CT molecular complexity index is 158. The van der Waals surface area contributed by atoms with Crippen LogP contribution in [0, 0.1) is 11.8 Å². The maximum Gasteiger partial charge on any atom is 0.0571 e. The van der Waals surface area contributed by atoms with Crippen molar-refractivity contribution in [2.45, 2.75) is 64.9 Å². The van der Waals surface area contributed by atoms with Gasteiger partial charge in [0.05, 0.1) is 6.10 Å². The van der Waals surface area contributed by atoms with Gasteiger partial charge in [0.15, 0.2) is 0 Å². The van der Waals surface area contributed by atoms with E-state index in [9.17, 15) is 5.11 Å². The molecule has 0 bridgehead atoms. The average molecular weight is 228 g/mol. The lowest BCUT2D eigenvalue weighted by Gasteiger charge is -2.28. The summed E-state index contributed by atoms with van der Waals surface area (Å²) in [4.78, 5) is 0. The third-order valence-corrected chi connectivity index (χ3v) is 3.78. The molecule has 0 aromatic heterocycles. The molecule has 1 unspecified atom stereocenters. The SMILES string of the molecule is CCCC(CCC)C(O)CC1CCOCC1. The molecule has 96 valence electrons. The van der Waals surface area contributed by atoms with Gasteiger partial charge in [-0.25, -0.2) is 0 Å². The fourth-order valence-corrected chi connectivity index (χ4v) is 2.79. The first-order valence-electron chi connectivity index (χ1n) is 7.03. The summed E-state index contributed by atoms with van der Waals surface area (Å²) in [5, 5.41) is 10.3. The molecular weight excluding hydrogens is 200 g/mol. The Morgan fingerprint density at radius 2 is 1.69 bits per heavy atom. The molecule has 2 heteroatoms. The lowest BCUT2D eigenvalue weighted by atomic mass is 9.84. The maximum absolute atomic E-state index is 10.3. The molecule has 0 saturated carbocycles. The van der Waals surface area contributed by atoms with Crippen LogP contribution >= 0.6 is 0 Å². The number of hydrogen-bond acceptors (Lipinski definition) is 2. The van der Waals surface area contributed by atoms with E-state index in [0.29, 0.717) is 11.8 Å². The third kappa shape index (κ3) is 4.84. The minimum Gasteiger partial charge on any atom is -0.393 e. The van der Waals surface area contributed by atoms with Gasteiger partial charge in [0.1, 0.15) is 0 Å². The monoisotopic (exact) mass is 228 g/mol. The number of hydrogen-bond donors (Lipinski definition) is 1. The van der Waals surface area contributed by atoms with Gasteiger partial charge in [0, 0.05) is 13.2 Å². The third-order valence-electron chi connectivity index (χ3n) is 3.78. The summed E-state index contributed by atoms with van der Waals surface area (Å²) in [6.45, 7) is 6.21. The molecule has 2 nitrogen and oxygen atoms in total. The summed E-state index contributed by atoms with van der Waals surface area (Å²) in [7, 11) is 0. The van der Waals surface area contributed by atoms with Crippen molar-refractivity contribution >= 4 is 0 Å². The fourth-order valence-electron chi connectivity index (χ4n) is 2.79. The Kier molecular flexibility index (Phi) is 7.06. The van der Waals surface area contributed by atoms with Crippen molar-refractivity contribution in [3.05, 3.63) is 0 Å². The number of aliphatic hydroxyl groups is 1. The van der Waals surface area contributed by atoms with E-state index in [1.807, 2.05) is 0 Å². The van der Waals surface area contributed by atoms with Crippen LogP contribution < -0.4 is 0 Å². The maximum atomic E-state index is 10.3. The lowest BCUT2D eigenvalue weighted by molar-refractivity contribution is 0.0240. The molecule has 0 radical (unpaired) electrons. The number of aliphatic hydroxyl groups excluding tert-OH is 1. The lowest BCUT2D eigenvalue weighted by Crippen LogP contribution is -2.26. The van der Waals surface area contributed by atoms with Crippen LogP contribution in [0.5, 0.6) is 0 Å². The first-order chi connectivity index (χ1) is 7.77. The van der Waals surface area contributed by atoms with Crippen molar-refractivity contribution in [2.24, 2.45) is 11.8 Å². The second kappa shape index (κ2) is 8.08. The van der Waals surface area contributed by atoms with E-state index in [2.05, 4.69) is 13.8 Å². The molecule has 1 aliphatic rings. The van der Waals surface area contributed by atoms with Crippen molar-refractivity contribution in [3.63, 3.8) is 0 Å². The predicted octanol–water partition coefficient (Wildman–Crippen LogP) is 3.38. The first-order valence-corrected chi connectivity index (χ1v) is 7.03. The van der Waals surface area contributed by atoms with Crippen molar-refractivity contribution in [1.82, 2.24) is 0 Å². The van der Waals surface area contributed by atoms with E-state index < -0.39 is 0 Å². The molecule has 0 spiro atoms. The molecule has 1 aliphatic heterocycles. The Hall–Kier alpha value is -0.0800. The van der Waals surface area contributed by atoms with Gasteiger partial charge in [-0.05, 0) is 43.9 Å². The zero-order valence-corrected chi connectivity index (χ0v) is 11.0. The van der Waals surface area contributed by atoms with Gasteiger partial charge in [0.2, 0.25) is 0 Å². The van der Waals surface area contributed by atoms with Gasteiger partial charge in [-0.3, -0.25) is 0 Å². The topological polar surface area (TPSA) is 29.5 Å². The molecule has 1 atom stereocenters. The van der Waals surface area contributed by atoms with E-state index >= 15 is 0 Å². The predicted molar refractivity (Wildman–Crippen MR) is 67.5 cm³/mol. The van der Waals surface area contributed by atoms with Crippen molar-refractivity contribution in [3.8, 4) is 0 Å². The Labute approximate surface area is 100 Å². The van der Waals surface area contributed by atoms with Crippen LogP contribution in [0.25, 0.3) is 0 Å². The molecule has 1 fully saturated rings. The Morgan fingerprint density at radius 3 is 2.19 bits per heavy atom. The Morgan fingerprint density at radius 1 is 1.12 bits per heavy atom. The second-order valence-electron chi connectivity index (χ2n) is 5.20. The van der Waals surface area contributed by atoms with Crippen LogP contribution in [0.4, 0.5) is 0 Å². The highest BCUT2D eigenvalue weighted by Gasteiger charge is 2.23. The molecule has 0 aromatic rings. The summed E-state index contributed by atoms with van der Waals surface area (Å²) >= 11 is 0. The molecule has 16 heavy (non-hydrogen) atoms. The van der Waals surface area contributed by atoms with Gasteiger partial charge in [-0.2, -0.15) is 0 Å². The van der Waals surface area contributed by atoms with E-state index in [-0.39, 0.29) is 6.10 Å². The first kappa shape index (κ1) is 14.0. The highest BCUT2D eigenvalue weighted by molar-refractivity contribution is 4.74. The van der Waals surface area contributed by atoms with E-state index in [4.69, 9.17) is 4.74 Å². The number of rotatable bonds is 7. The Balaban J connectivity index is 2.31. The van der Waals surface area contributed by atoms with Crippen molar-refractivity contribution in [2.75, 3.05) is 13.2 Å².